The fourth-order valence-electron chi connectivity index (χ4n) is 12.4. The van der Waals surface area contributed by atoms with E-state index in [-0.39, 0.29) is 38.5 Å². The molecule has 4 heteroatoms. The summed E-state index contributed by atoms with van der Waals surface area (Å²) < 4.78 is 20.4. The zero-order chi connectivity index (χ0) is 30.5. The van der Waals surface area contributed by atoms with Crippen LogP contribution in [-0.2, 0) is 9.53 Å². The minimum Gasteiger partial charge on any atom is -0.465 e. The van der Waals surface area contributed by atoms with E-state index in [1.807, 2.05) is 0 Å². The molecule has 0 heterocycles. The lowest BCUT2D eigenvalue weighted by molar-refractivity contribution is -0.223. The minimum absolute atomic E-state index is 0.124. The number of methoxy groups -OCH3 is 1. The second-order valence-electron chi connectivity index (χ2n) is 16.3. The van der Waals surface area contributed by atoms with Gasteiger partial charge in [-0.2, -0.15) is 0 Å². The Hall–Kier alpha value is -2.23. The first kappa shape index (κ1) is 29.8. The van der Waals surface area contributed by atoms with Crippen LogP contribution in [0.25, 0.3) is 5.57 Å². The van der Waals surface area contributed by atoms with Gasteiger partial charge in [0.2, 0.25) is 0 Å². The maximum Gasteiger partial charge on any atom is 0.337 e. The number of carbonyl (C=O) groups is 2. The molecule has 228 valence electrons. The van der Waals surface area contributed by atoms with Gasteiger partial charge < -0.3 is 9.53 Å². The molecule has 0 saturated heterocycles. The first-order chi connectivity index (χ1) is 19.7. The number of halogens is 1. The quantitative estimate of drug-likeness (QED) is 0.204. The van der Waals surface area contributed by atoms with Crippen LogP contribution in [0.3, 0.4) is 0 Å². The van der Waals surface area contributed by atoms with Crippen LogP contribution in [0.1, 0.15) is 115 Å². The predicted octanol–water partition coefficient (Wildman–Crippen LogP) is 9.46. The molecule has 5 aliphatic carbocycles. The fraction of sp³-hybridized carbons (Fsp3) is 0.684. The molecule has 4 saturated carbocycles. The number of esters is 1. The van der Waals surface area contributed by atoms with Crippen molar-refractivity contribution in [1.82, 2.24) is 0 Å². The zero-order valence-corrected chi connectivity index (χ0v) is 26.9. The van der Waals surface area contributed by atoms with Gasteiger partial charge in [0, 0.05) is 11.0 Å². The van der Waals surface area contributed by atoms with Crippen molar-refractivity contribution in [2.24, 2.45) is 56.7 Å². The Balaban J connectivity index is 1.37. The number of hydrogen-bond acceptors (Lipinski definition) is 3. The van der Waals surface area contributed by atoms with Gasteiger partial charge in [-0.15, -0.1) is 0 Å². The van der Waals surface area contributed by atoms with Crippen LogP contribution in [0.2, 0.25) is 0 Å². The van der Waals surface area contributed by atoms with Crippen molar-refractivity contribution in [3.63, 3.8) is 0 Å². The van der Waals surface area contributed by atoms with E-state index in [0.29, 0.717) is 35.2 Å². The van der Waals surface area contributed by atoms with Gasteiger partial charge in [0.1, 0.15) is 12.1 Å². The number of rotatable bonds is 4. The Morgan fingerprint density at radius 3 is 2.36 bits per heavy atom. The first-order valence-electron chi connectivity index (χ1n) is 16.4. The van der Waals surface area contributed by atoms with Crippen molar-refractivity contribution in [3.8, 4) is 0 Å². The fourth-order valence-corrected chi connectivity index (χ4v) is 12.4. The summed E-state index contributed by atoms with van der Waals surface area (Å²) in [7, 11) is 1.32. The third kappa shape index (κ3) is 3.75. The largest absolute Gasteiger partial charge is 0.465 e. The van der Waals surface area contributed by atoms with E-state index < -0.39 is 5.97 Å². The lowest BCUT2D eigenvalue weighted by Gasteiger charge is -2.72. The van der Waals surface area contributed by atoms with Crippen LogP contribution in [0.15, 0.2) is 36.4 Å². The summed E-state index contributed by atoms with van der Waals surface area (Å²) in [6.45, 7) is 19.0. The van der Waals surface area contributed by atoms with Gasteiger partial charge in [0.25, 0.3) is 0 Å². The van der Waals surface area contributed by atoms with Crippen LogP contribution in [0.5, 0.6) is 0 Å². The topological polar surface area (TPSA) is 43.4 Å². The highest BCUT2D eigenvalue weighted by molar-refractivity contribution is 5.90. The van der Waals surface area contributed by atoms with E-state index in [9.17, 15) is 9.59 Å². The zero-order valence-electron chi connectivity index (χ0n) is 26.9. The second-order valence-corrected chi connectivity index (χ2v) is 16.3. The van der Waals surface area contributed by atoms with Crippen LogP contribution in [0.4, 0.5) is 4.39 Å². The standard InChI is InChI=1S/C38H51FO3/c1-23(2)25-13-18-38(22-40)20-19-36(6)28(32(25)38)11-12-31-35(5)16-14-27(34(3,4)30(35)15-17-37(31,36)7)26-10-9-24(21-29(26)39)33(41)42-8/h9-10,14,21-22,25,28,30-32H,1,11-13,15-20H2,2-8H3/t25-,28+,30-,31+,32+,35-,36+,37+,38+/m0/s1. The summed E-state index contributed by atoms with van der Waals surface area (Å²) >= 11 is 0. The molecule has 5 aliphatic rings. The number of benzene rings is 1. The molecule has 0 radical (unpaired) electrons. The third-order valence-electron chi connectivity index (χ3n) is 14.6. The lowest BCUT2D eigenvalue weighted by atomic mass is 9.32. The Bertz CT molecular complexity index is 1360. The number of allylic oxidation sites excluding steroid dienone is 3. The van der Waals surface area contributed by atoms with E-state index in [1.165, 1.54) is 44.3 Å². The molecule has 0 N–H and O–H groups in total. The molecule has 9 atom stereocenters. The van der Waals surface area contributed by atoms with Crippen molar-refractivity contribution in [2.75, 3.05) is 7.11 Å². The molecule has 1 aromatic rings. The maximum absolute atomic E-state index is 15.5. The Labute approximate surface area is 252 Å². The Kier molecular flexibility index (Phi) is 6.84. The smallest absolute Gasteiger partial charge is 0.337 e. The summed E-state index contributed by atoms with van der Waals surface area (Å²) in [4.78, 5) is 24.8. The molecule has 0 aliphatic heterocycles. The molecule has 1 aromatic carbocycles. The molecule has 4 fully saturated rings. The van der Waals surface area contributed by atoms with Crippen molar-refractivity contribution >= 4 is 17.8 Å². The van der Waals surface area contributed by atoms with Gasteiger partial charge in [0.05, 0.1) is 12.7 Å². The third-order valence-corrected chi connectivity index (χ3v) is 14.6. The van der Waals surface area contributed by atoms with Crippen LogP contribution in [0, 0.1) is 62.5 Å². The van der Waals surface area contributed by atoms with Gasteiger partial charge in [0.15, 0.2) is 0 Å². The van der Waals surface area contributed by atoms with Crippen molar-refractivity contribution in [1.29, 1.82) is 0 Å². The van der Waals surface area contributed by atoms with Gasteiger partial charge in [-0.25, -0.2) is 9.18 Å². The normalized spacial score (nSPS) is 43.6. The summed E-state index contributed by atoms with van der Waals surface area (Å²) in [5, 5.41) is 0. The van der Waals surface area contributed by atoms with E-state index in [1.54, 1.807) is 12.1 Å². The highest BCUT2D eigenvalue weighted by Crippen LogP contribution is 2.77. The molecule has 0 unspecified atom stereocenters. The number of hydrogen-bond donors (Lipinski definition) is 0. The molecule has 0 amide bonds. The SMILES string of the molecule is C=C(C)[C@@H]1CC[C@]2(C=O)CC[C@]3(C)[C@H](CC[C@@H]4[C@@]5(C)CC=C(c6ccc(C(=O)OC)cc6F)C(C)(C)[C@@H]5CC[C@]43C)[C@@H]12. The predicted molar refractivity (Wildman–Crippen MR) is 166 cm³/mol. The number of ether oxygens (including phenoxy) is 1. The first-order valence-corrected chi connectivity index (χ1v) is 16.4. The minimum atomic E-state index is -0.513. The van der Waals surface area contributed by atoms with E-state index >= 15 is 4.39 Å². The van der Waals surface area contributed by atoms with Gasteiger partial charge in [-0.05, 0) is 134 Å². The van der Waals surface area contributed by atoms with Crippen LogP contribution < -0.4 is 0 Å². The highest BCUT2D eigenvalue weighted by atomic mass is 19.1. The maximum atomic E-state index is 15.5. The average Bonchev–Trinajstić information content (AvgIpc) is 3.34. The number of aldehydes is 1. The second kappa shape index (κ2) is 9.63. The van der Waals surface area contributed by atoms with Crippen molar-refractivity contribution in [3.05, 3.63) is 53.4 Å². The summed E-state index contributed by atoms with van der Waals surface area (Å²) in [6, 6.07) is 4.80. The Morgan fingerprint density at radius 2 is 1.71 bits per heavy atom. The summed E-state index contributed by atoms with van der Waals surface area (Å²) in [5.41, 5.74) is 3.38. The summed E-state index contributed by atoms with van der Waals surface area (Å²) in [5.74, 6) is 1.62. The van der Waals surface area contributed by atoms with E-state index in [2.05, 4.69) is 54.2 Å². The Morgan fingerprint density at radius 1 is 0.976 bits per heavy atom. The molecule has 0 spiro atoms. The van der Waals surface area contributed by atoms with E-state index in [4.69, 9.17) is 4.74 Å². The van der Waals surface area contributed by atoms with Crippen molar-refractivity contribution in [2.45, 2.75) is 99.3 Å². The lowest BCUT2D eigenvalue weighted by Crippen LogP contribution is -2.65. The number of carbonyl (C=O) groups excluding carboxylic acids is 2. The van der Waals surface area contributed by atoms with Gasteiger partial charge >= 0.3 is 5.97 Å². The van der Waals surface area contributed by atoms with Crippen LogP contribution in [-0.4, -0.2) is 19.4 Å². The average molecular weight is 575 g/mol. The van der Waals surface area contributed by atoms with Gasteiger partial charge in [-0.1, -0.05) is 58.9 Å². The molecule has 42 heavy (non-hydrogen) atoms. The molecule has 6 rings (SSSR count). The van der Waals surface area contributed by atoms with Gasteiger partial charge in [-0.3, -0.25) is 0 Å². The highest BCUT2D eigenvalue weighted by Gasteiger charge is 2.70. The molecule has 3 nitrogen and oxygen atoms in total. The van der Waals surface area contributed by atoms with Crippen LogP contribution >= 0.6 is 0 Å². The van der Waals surface area contributed by atoms with Crippen molar-refractivity contribution < 1.29 is 18.7 Å². The monoisotopic (exact) mass is 574 g/mol. The molecular weight excluding hydrogens is 523 g/mol. The summed E-state index contributed by atoms with van der Waals surface area (Å²) in [6.07, 6.45) is 13.7. The molecule has 0 aromatic heterocycles. The molecular formula is C38H51FO3. The molecule has 0 bridgehead atoms. The van der Waals surface area contributed by atoms with E-state index in [0.717, 1.165) is 44.1 Å². The number of fused-ring (bicyclic) bond motifs is 7.